The van der Waals surface area contributed by atoms with Crippen LogP contribution in [0.15, 0.2) is 42.5 Å². The molecule has 1 aliphatic rings. The largest absolute Gasteiger partial charge is 0.352 e. The smallest absolute Gasteiger partial charge is 0.242 e. The summed E-state index contributed by atoms with van der Waals surface area (Å²) in [6, 6.07) is 12.3. The van der Waals surface area contributed by atoms with Crippen molar-refractivity contribution in [2.75, 3.05) is 5.75 Å². The Bertz CT molecular complexity index is 913. The molecular weight excluding hydrogens is 487 g/mol. The van der Waals surface area contributed by atoms with Gasteiger partial charge in [-0.2, -0.15) is 0 Å². The maximum atomic E-state index is 13.2. The Kier molecular flexibility index (Phi) is 9.60. The highest BCUT2D eigenvalue weighted by molar-refractivity contribution is 7.99. The second-order valence-electron chi connectivity index (χ2n) is 8.01. The molecule has 1 fully saturated rings. The molecule has 3 rings (SSSR count). The molecule has 0 aliphatic heterocycles. The summed E-state index contributed by atoms with van der Waals surface area (Å²) >= 11 is 20.2. The van der Waals surface area contributed by atoms with Crippen molar-refractivity contribution in [1.29, 1.82) is 0 Å². The molecular formula is C24H27Cl3N2O2S. The van der Waals surface area contributed by atoms with E-state index < -0.39 is 6.04 Å². The number of nitrogens with zero attached hydrogens (tertiary/aromatic N) is 1. The number of carbonyl (C=O) groups is 2. The summed E-state index contributed by atoms with van der Waals surface area (Å²) in [5.41, 5.74) is 1.73. The van der Waals surface area contributed by atoms with Crippen LogP contribution in [0.5, 0.6) is 0 Å². The topological polar surface area (TPSA) is 49.4 Å². The third-order valence-electron chi connectivity index (χ3n) is 5.67. The van der Waals surface area contributed by atoms with Gasteiger partial charge in [-0.25, -0.2) is 0 Å². The molecule has 1 aliphatic carbocycles. The lowest BCUT2D eigenvalue weighted by atomic mass is 10.1. The number of benzene rings is 2. The Labute approximate surface area is 209 Å². The van der Waals surface area contributed by atoms with Crippen LogP contribution in [0.1, 0.15) is 43.7 Å². The molecule has 0 aromatic heterocycles. The van der Waals surface area contributed by atoms with Crippen molar-refractivity contribution < 1.29 is 9.59 Å². The average molecular weight is 514 g/mol. The van der Waals surface area contributed by atoms with Gasteiger partial charge in [0.1, 0.15) is 6.04 Å². The predicted molar refractivity (Wildman–Crippen MR) is 134 cm³/mol. The molecule has 1 atom stereocenters. The molecule has 4 nitrogen and oxygen atoms in total. The first-order valence-electron chi connectivity index (χ1n) is 10.7. The average Bonchev–Trinajstić information content (AvgIpc) is 3.27. The highest BCUT2D eigenvalue weighted by Gasteiger charge is 2.29. The Hall–Kier alpha value is -1.40. The lowest BCUT2D eigenvalue weighted by molar-refractivity contribution is -0.138. The van der Waals surface area contributed by atoms with Crippen LogP contribution in [-0.4, -0.2) is 34.6 Å². The molecule has 8 heteroatoms. The zero-order valence-corrected chi connectivity index (χ0v) is 21.0. The quantitative estimate of drug-likeness (QED) is 0.425. The number of nitrogens with one attached hydrogen (secondary N) is 1. The SMILES string of the molecule is C[C@H](C(=O)NC1CCCC1)N(Cc1c(Cl)cccc1Cl)C(=O)CSCc1ccc(Cl)cc1. The van der Waals surface area contributed by atoms with Crippen LogP contribution in [0, 0.1) is 0 Å². The predicted octanol–water partition coefficient (Wildman–Crippen LogP) is 6.36. The van der Waals surface area contributed by atoms with Gasteiger partial charge in [0, 0.05) is 39.0 Å². The molecule has 2 aromatic rings. The molecule has 0 radical (unpaired) electrons. The van der Waals surface area contributed by atoms with E-state index in [1.54, 1.807) is 30.0 Å². The van der Waals surface area contributed by atoms with Crippen LogP contribution in [0.4, 0.5) is 0 Å². The van der Waals surface area contributed by atoms with Gasteiger partial charge in [-0.05, 0) is 49.6 Å². The van der Waals surface area contributed by atoms with Crippen molar-refractivity contribution in [1.82, 2.24) is 10.2 Å². The molecule has 32 heavy (non-hydrogen) atoms. The van der Waals surface area contributed by atoms with E-state index in [2.05, 4.69) is 5.32 Å². The first-order valence-corrected chi connectivity index (χ1v) is 13.0. The van der Waals surface area contributed by atoms with E-state index in [4.69, 9.17) is 34.8 Å². The second-order valence-corrected chi connectivity index (χ2v) is 10.2. The van der Waals surface area contributed by atoms with Crippen LogP contribution >= 0.6 is 46.6 Å². The Morgan fingerprint density at radius 1 is 1.06 bits per heavy atom. The normalized spacial score (nSPS) is 14.9. The van der Waals surface area contributed by atoms with Crippen LogP contribution in [0.2, 0.25) is 15.1 Å². The van der Waals surface area contributed by atoms with E-state index in [0.717, 1.165) is 31.2 Å². The van der Waals surface area contributed by atoms with E-state index in [-0.39, 0.29) is 30.2 Å². The van der Waals surface area contributed by atoms with Gasteiger partial charge in [-0.3, -0.25) is 9.59 Å². The fourth-order valence-corrected chi connectivity index (χ4v) is 5.26. The number of hydrogen-bond acceptors (Lipinski definition) is 3. The number of carbonyl (C=O) groups excluding carboxylic acids is 2. The molecule has 1 saturated carbocycles. The van der Waals surface area contributed by atoms with Crippen LogP contribution in [-0.2, 0) is 21.9 Å². The number of thioether (sulfide) groups is 1. The molecule has 0 saturated heterocycles. The van der Waals surface area contributed by atoms with Gasteiger partial charge in [-0.15, -0.1) is 11.8 Å². The molecule has 172 valence electrons. The fourth-order valence-electron chi connectivity index (χ4n) is 3.75. The third kappa shape index (κ3) is 7.05. The fraction of sp³-hybridized carbons (Fsp3) is 0.417. The molecule has 0 spiro atoms. The number of rotatable bonds is 9. The standard InChI is InChI=1S/C24H27Cl3N2O2S/c1-16(24(31)28-19-5-2-3-6-19)29(13-20-21(26)7-4-8-22(20)27)23(30)15-32-14-17-9-11-18(25)12-10-17/h4,7-12,16,19H,2-3,5-6,13-15H2,1H3,(H,28,31)/t16-/m1/s1. The lowest BCUT2D eigenvalue weighted by Gasteiger charge is -2.30. The highest BCUT2D eigenvalue weighted by atomic mass is 35.5. The van der Waals surface area contributed by atoms with Gasteiger partial charge >= 0.3 is 0 Å². The number of amides is 2. The minimum Gasteiger partial charge on any atom is -0.352 e. The lowest BCUT2D eigenvalue weighted by Crippen LogP contribution is -2.50. The number of halogens is 3. The molecule has 2 amide bonds. The highest BCUT2D eigenvalue weighted by Crippen LogP contribution is 2.27. The van der Waals surface area contributed by atoms with Crippen molar-refractivity contribution in [3.8, 4) is 0 Å². The monoisotopic (exact) mass is 512 g/mol. The first kappa shape index (κ1) is 25.2. The molecule has 0 heterocycles. The Morgan fingerprint density at radius 3 is 2.31 bits per heavy atom. The summed E-state index contributed by atoms with van der Waals surface area (Å²) in [5.74, 6) is 0.642. The summed E-state index contributed by atoms with van der Waals surface area (Å²) in [5, 5.41) is 4.74. The maximum absolute atomic E-state index is 13.2. The maximum Gasteiger partial charge on any atom is 0.242 e. The minimum absolute atomic E-state index is 0.131. The molecule has 2 aromatic carbocycles. The van der Waals surface area contributed by atoms with Gasteiger partial charge in [-0.1, -0.05) is 65.8 Å². The second kappa shape index (κ2) is 12.2. The minimum atomic E-state index is -0.633. The Morgan fingerprint density at radius 2 is 1.69 bits per heavy atom. The molecule has 0 bridgehead atoms. The van der Waals surface area contributed by atoms with E-state index >= 15 is 0 Å². The number of hydrogen-bond donors (Lipinski definition) is 1. The summed E-state index contributed by atoms with van der Waals surface area (Å²) in [7, 11) is 0. The van der Waals surface area contributed by atoms with Crippen LogP contribution in [0.25, 0.3) is 0 Å². The van der Waals surface area contributed by atoms with Crippen molar-refractivity contribution in [2.45, 2.75) is 57.0 Å². The van der Waals surface area contributed by atoms with Crippen molar-refractivity contribution in [3.05, 3.63) is 68.7 Å². The van der Waals surface area contributed by atoms with Gasteiger partial charge in [0.15, 0.2) is 0 Å². The summed E-state index contributed by atoms with van der Waals surface area (Å²) in [6.45, 7) is 1.94. The van der Waals surface area contributed by atoms with Crippen molar-refractivity contribution >= 4 is 58.4 Å². The summed E-state index contributed by atoms with van der Waals surface area (Å²) < 4.78 is 0. The van der Waals surface area contributed by atoms with Crippen molar-refractivity contribution in [3.63, 3.8) is 0 Å². The van der Waals surface area contributed by atoms with Gasteiger partial charge in [0.05, 0.1) is 5.75 Å². The van der Waals surface area contributed by atoms with E-state index in [1.165, 1.54) is 11.8 Å². The first-order chi connectivity index (χ1) is 15.3. The molecule has 0 unspecified atom stereocenters. The zero-order valence-electron chi connectivity index (χ0n) is 18.0. The van der Waals surface area contributed by atoms with Gasteiger partial charge in [0.2, 0.25) is 11.8 Å². The van der Waals surface area contributed by atoms with Gasteiger partial charge in [0.25, 0.3) is 0 Å². The Balaban J connectivity index is 1.70. The van der Waals surface area contributed by atoms with Gasteiger partial charge < -0.3 is 10.2 Å². The van der Waals surface area contributed by atoms with E-state index in [9.17, 15) is 9.59 Å². The summed E-state index contributed by atoms with van der Waals surface area (Å²) in [6.07, 6.45) is 4.22. The zero-order chi connectivity index (χ0) is 23.1. The third-order valence-corrected chi connectivity index (χ3v) is 7.62. The summed E-state index contributed by atoms with van der Waals surface area (Å²) in [4.78, 5) is 27.7. The van der Waals surface area contributed by atoms with Crippen molar-refractivity contribution in [2.24, 2.45) is 0 Å². The van der Waals surface area contributed by atoms with E-state index in [1.807, 2.05) is 24.3 Å². The van der Waals surface area contributed by atoms with E-state index in [0.29, 0.717) is 26.4 Å². The van der Waals surface area contributed by atoms with Crippen LogP contribution < -0.4 is 5.32 Å². The van der Waals surface area contributed by atoms with Crippen LogP contribution in [0.3, 0.4) is 0 Å². The molecule has 1 N–H and O–H groups in total.